The molecule has 0 aliphatic heterocycles. The maximum Gasteiger partial charge on any atom is -0.0414 e. The van der Waals surface area contributed by atoms with Crippen LogP contribution >= 0.6 is 0 Å². The highest BCUT2D eigenvalue weighted by Gasteiger charge is 2.08. The van der Waals surface area contributed by atoms with Gasteiger partial charge < -0.3 is 0 Å². The van der Waals surface area contributed by atoms with Crippen molar-refractivity contribution in [2.24, 2.45) is 5.92 Å². The van der Waals surface area contributed by atoms with Crippen molar-refractivity contribution in [3.05, 3.63) is 0 Å². The lowest BCUT2D eigenvalue weighted by molar-refractivity contribution is 0.365. The van der Waals surface area contributed by atoms with Crippen molar-refractivity contribution in [2.75, 3.05) is 0 Å². The second-order valence-corrected chi connectivity index (χ2v) is 9.24. The lowest BCUT2D eigenvalue weighted by atomic mass is 9.89. The van der Waals surface area contributed by atoms with Crippen LogP contribution < -0.4 is 0 Å². The molecule has 0 spiro atoms. The van der Waals surface area contributed by atoms with Crippen molar-refractivity contribution in [1.82, 2.24) is 0 Å². The minimum Gasteiger partial charge on any atom is -0.0654 e. The highest BCUT2D eigenvalue weighted by Crippen LogP contribution is 2.24. The van der Waals surface area contributed by atoms with Gasteiger partial charge in [-0.15, -0.1) is 0 Å². The van der Waals surface area contributed by atoms with Gasteiger partial charge in [0, 0.05) is 0 Å². The molecule has 0 radical (unpaired) electrons. The van der Waals surface area contributed by atoms with Gasteiger partial charge in [0.1, 0.15) is 0 Å². The minimum absolute atomic E-state index is 1.04. The number of unbranched alkanes of at least 4 members (excludes halogenated alkanes) is 17. The van der Waals surface area contributed by atoms with Crippen molar-refractivity contribution in [1.29, 1.82) is 0 Å². The molecule has 0 aromatic carbocycles. The zero-order valence-corrected chi connectivity index (χ0v) is 19.8. The predicted octanol–water partition coefficient (Wildman–Crippen LogP) is 10.6. The SMILES string of the molecule is CCCCCCCCCC(CCCCCCCC)CCCCCCCCC. The van der Waals surface area contributed by atoms with Crippen LogP contribution in [0.15, 0.2) is 0 Å². The lowest BCUT2D eigenvalue weighted by Crippen LogP contribution is -2.01. The average molecular weight is 381 g/mol. The largest absolute Gasteiger partial charge is 0.0654 e. The van der Waals surface area contributed by atoms with Crippen molar-refractivity contribution < 1.29 is 0 Å². The van der Waals surface area contributed by atoms with Crippen molar-refractivity contribution in [2.45, 2.75) is 168 Å². The molecule has 0 N–H and O–H groups in total. The van der Waals surface area contributed by atoms with Crippen LogP contribution in [0.4, 0.5) is 0 Å². The van der Waals surface area contributed by atoms with Crippen molar-refractivity contribution in [3.8, 4) is 0 Å². The van der Waals surface area contributed by atoms with Crippen molar-refractivity contribution in [3.63, 3.8) is 0 Å². The van der Waals surface area contributed by atoms with E-state index in [1.165, 1.54) is 148 Å². The van der Waals surface area contributed by atoms with Gasteiger partial charge in [0.05, 0.1) is 0 Å². The Kier molecular flexibility index (Phi) is 24.0. The Balaban J connectivity index is 3.78. The van der Waals surface area contributed by atoms with E-state index in [9.17, 15) is 0 Å². The van der Waals surface area contributed by atoms with E-state index >= 15 is 0 Å². The fourth-order valence-electron chi connectivity index (χ4n) is 4.43. The van der Waals surface area contributed by atoms with Crippen LogP contribution in [-0.2, 0) is 0 Å². The van der Waals surface area contributed by atoms with Gasteiger partial charge in [0.25, 0.3) is 0 Å². The first-order valence-corrected chi connectivity index (χ1v) is 13.3. The van der Waals surface area contributed by atoms with E-state index in [1.54, 1.807) is 0 Å². The van der Waals surface area contributed by atoms with Crippen LogP contribution in [0.3, 0.4) is 0 Å². The van der Waals surface area contributed by atoms with E-state index in [-0.39, 0.29) is 0 Å². The molecule has 0 bridgehead atoms. The molecule has 0 aliphatic rings. The van der Waals surface area contributed by atoms with E-state index in [4.69, 9.17) is 0 Å². The summed E-state index contributed by atoms with van der Waals surface area (Å²) < 4.78 is 0. The van der Waals surface area contributed by atoms with Gasteiger partial charge in [-0.05, 0) is 5.92 Å². The summed E-state index contributed by atoms with van der Waals surface area (Å²) in [5, 5.41) is 0. The van der Waals surface area contributed by atoms with Gasteiger partial charge in [-0.25, -0.2) is 0 Å². The van der Waals surface area contributed by atoms with Crippen LogP contribution in [-0.4, -0.2) is 0 Å². The zero-order chi connectivity index (χ0) is 19.8. The summed E-state index contributed by atoms with van der Waals surface area (Å²) >= 11 is 0. The first-order chi connectivity index (χ1) is 13.3. The van der Waals surface area contributed by atoms with E-state index in [1.807, 2.05) is 0 Å². The van der Waals surface area contributed by atoms with Crippen LogP contribution in [0.25, 0.3) is 0 Å². The molecule has 0 heterocycles. The molecule has 0 rings (SSSR count). The fourth-order valence-corrected chi connectivity index (χ4v) is 4.43. The fraction of sp³-hybridized carbons (Fsp3) is 1.00. The van der Waals surface area contributed by atoms with Gasteiger partial charge in [-0.1, -0.05) is 168 Å². The molecule has 0 unspecified atom stereocenters. The molecule has 0 amide bonds. The van der Waals surface area contributed by atoms with Crippen LogP contribution in [0.1, 0.15) is 168 Å². The van der Waals surface area contributed by atoms with Crippen LogP contribution in [0.5, 0.6) is 0 Å². The Morgan fingerprint density at radius 1 is 0.296 bits per heavy atom. The molecule has 0 aromatic heterocycles. The highest BCUT2D eigenvalue weighted by atomic mass is 14.1. The molecule has 0 saturated carbocycles. The molecule has 0 nitrogen and oxygen atoms in total. The van der Waals surface area contributed by atoms with Gasteiger partial charge >= 0.3 is 0 Å². The van der Waals surface area contributed by atoms with Crippen LogP contribution in [0.2, 0.25) is 0 Å². The Hall–Kier alpha value is 0. The smallest absolute Gasteiger partial charge is 0.0414 e. The summed E-state index contributed by atoms with van der Waals surface area (Å²) in [5.74, 6) is 1.04. The third-order valence-corrected chi connectivity index (χ3v) is 6.40. The lowest BCUT2D eigenvalue weighted by Gasteiger charge is -2.17. The summed E-state index contributed by atoms with van der Waals surface area (Å²) in [6.45, 7) is 6.95. The minimum atomic E-state index is 1.04. The second kappa shape index (κ2) is 24.0. The molecule has 164 valence electrons. The Morgan fingerprint density at radius 2 is 0.519 bits per heavy atom. The first kappa shape index (κ1) is 27.0. The van der Waals surface area contributed by atoms with Gasteiger partial charge in [-0.2, -0.15) is 0 Å². The maximum absolute atomic E-state index is 2.32. The number of hydrogen-bond acceptors (Lipinski definition) is 0. The van der Waals surface area contributed by atoms with E-state index < -0.39 is 0 Å². The second-order valence-electron chi connectivity index (χ2n) is 9.24. The Morgan fingerprint density at radius 3 is 0.778 bits per heavy atom. The van der Waals surface area contributed by atoms with Crippen molar-refractivity contribution >= 4 is 0 Å². The number of hydrogen-bond donors (Lipinski definition) is 0. The molecule has 0 heteroatoms. The number of rotatable bonds is 23. The van der Waals surface area contributed by atoms with Gasteiger partial charge in [-0.3, -0.25) is 0 Å². The van der Waals surface area contributed by atoms with Crippen LogP contribution in [0, 0.1) is 5.92 Å². The molecule has 27 heavy (non-hydrogen) atoms. The normalized spacial score (nSPS) is 11.6. The summed E-state index contributed by atoms with van der Waals surface area (Å²) in [6, 6.07) is 0. The standard InChI is InChI=1S/C27H56/c1-4-7-10-13-16-19-22-25-27(24-21-18-15-12-9-6-3)26-23-20-17-14-11-8-5-2/h27H,4-26H2,1-3H3. The Bertz CT molecular complexity index is 226. The Labute approximate surface area is 174 Å². The molecule has 0 aromatic rings. The van der Waals surface area contributed by atoms with Gasteiger partial charge in [0.15, 0.2) is 0 Å². The summed E-state index contributed by atoms with van der Waals surface area (Å²) in [7, 11) is 0. The summed E-state index contributed by atoms with van der Waals surface area (Å²) in [6.07, 6.45) is 33.8. The summed E-state index contributed by atoms with van der Waals surface area (Å²) in [5.41, 5.74) is 0. The average Bonchev–Trinajstić information content (AvgIpc) is 2.68. The highest BCUT2D eigenvalue weighted by molar-refractivity contribution is 4.62. The molecule has 0 aliphatic carbocycles. The van der Waals surface area contributed by atoms with Gasteiger partial charge in [0.2, 0.25) is 0 Å². The molecular formula is C27H56. The van der Waals surface area contributed by atoms with E-state index in [2.05, 4.69) is 20.8 Å². The predicted molar refractivity (Wildman–Crippen MR) is 127 cm³/mol. The first-order valence-electron chi connectivity index (χ1n) is 13.3. The summed E-state index contributed by atoms with van der Waals surface area (Å²) in [4.78, 5) is 0. The quantitative estimate of drug-likeness (QED) is 0.155. The topological polar surface area (TPSA) is 0 Å². The maximum atomic E-state index is 2.32. The van der Waals surface area contributed by atoms with E-state index in [0.717, 1.165) is 5.92 Å². The molecule has 0 atom stereocenters. The molecular weight excluding hydrogens is 324 g/mol. The third kappa shape index (κ3) is 22.2. The monoisotopic (exact) mass is 380 g/mol. The molecule has 0 saturated heterocycles. The molecule has 0 fully saturated rings. The third-order valence-electron chi connectivity index (χ3n) is 6.40. The zero-order valence-electron chi connectivity index (χ0n) is 19.8. The van der Waals surface area contributed by atoms with E-state index in [0.29, 0.717) is 0 Å².